The van der Waals surface area contributed by atoms with E-state index in [4.69, 9.17) is 14.5 Å². The molecule has 0 saturated carbocycles. The van der Waals surface area contributed by atoms with Gasteiger partial charge in [0.25, 0.3) is 0 Å². The third-order valence-electron chi connectivity index (χ3n) is 5.27. The minimum atomic E-state index is 0.0408. The summed E-state index contributed by atoms with van der Waals surface area (Å²) in [5.74, 6) is 0.827. The Morgan fingerprint density at radius 2 is 2.07 bits per heavy atom. The highest BCUT2D eigenvalue weighted by molar-refractivity contribution is 7.22. The maximum Gasteiger partial charge on any atom is 0.233 e. The number of hydrogen-bond donors (Lipinski definition) is 0. The third-order valence-corrected chi connectivity index (χ3v) is 6.49. The second kappa shape index (κ2) is 8.51. The number of hydrogen-bond acceptors (Lipinski definition) is 5. The Balaban J connectivity index is 1.63. The second-order valence-electron chi connectivity index (χ2n) is 7.59. The summed E-state index contributed by atoms with van der Waals surface area (Å²) >= 11 is 1.59. The Kier molecular flexibility index (Phi) is 5.83. The van der Waals surface area contributed by atoms with E-state index in [2.05, 4.69) is 26.0 Å². The van der Waals surface area contributed by atoms with Gasteiger partial charge in [-0.25, -0.2) is 4.98 Å². The molecule has 2 aromatic carbocycles. The summed E-state index contributed by atoms with van der Waals surface area (Å²) < 4.78 is 12.2. The van der Waals surface area contributed by atoms with Gasteiger partial charge in [0.1, 0.15) is 5.75 Å². The first-order valence-corrected chi connectivity index (χ1v) is 10.8. The largest absolute Gasteiger partial charge is 0.497 e. The van der Waals surface area contributed by atoms with Crippen LogP contribution in [0.5, 0.6) is 5.75 Å². The summed E-state index contributed by atoms with van der Waals surface area (Å²) in [7, 11) is 1.64. The van der Waals surface area contributed by atoms with E-state index < -0.39 is 0 Å². The van der Waals surface area contributed by atoms with Gasteiger partial charge in [0.05, 0.1) is 36.4 Å². The number of carbonyl (C=O) groups is 1. The van der Waals surface area contributed by atoms with Crippen LogP contribution in [0.1, 0.15) is 29.5 Å². The minimum absolute atomic E-state index is 0.0408. The number of carbonyl (C=O) groups excluding carboxylic acids is 1. The summed E-state index contributed by atoms with van der Waals surface area (Å²) in [6.07, 6.45) is 2.42. The van der Waals surface area contributed by atoms with Crippen molar-refractivity contribution in [1.82, 2.24) is 4.98 Å². The molecule has 1 aliphatic rings. The quantitative estimate of drug-likeness (QED) is 0.592. The molecule has 0 bridgehead atoms. The molecule has 0 unspecified atom stereocenters. The molecule has 0 radical (unpaired) electrons. The van der Waals surface area contributed by atoms with Crippen LogP contribution in [0.2, 0.25) is 0 Å². The van der Waals surface area contributed by atoms with Gasteiger partial charge < -0.3 is 9.47 Å². The molecule has 29 heavy (non-hydrogen) atoms. The molecule has 1 aromatic heterocycles. The summed E-state index contributed by atoms with van der Waals surface area (Å²) in [5, 5.41) is 0.753. The lowest BCUT2D eigenvalue weighted by molar-refractivity contribution is -0.118. The van der Waals surface area contributed by atoms with Gasteiger partial charge in [0.2, 0.25) is 5.91 Å². The van der Waals surface area contributed by atoms with Crippen molar-refractivity contribution < 1.29 is 14.3 Å². The van der Waals surface area contributed by atoms with Crippen molar-refractivity contribution in [1.29, 1.82) is 0 Å². The van der Waals surface area contributed by atoms with E-state index in [9.17, 15) is 4.79 Å². The summed E-state index contributed by atoms with van der Waals surface area (Å²) in [5.41, 5.74) is 4.30. The molecule has 1 amide bonds. The van der Waals surface area contributed by atoms with E-state index >= 15 is 0 Å². The topological polar surface area (TPSA) is 51.7 Å². The van der Waals surface area contributed by atoms with Gasteiger partial charge in [-0.3, -0.25) is 9.69 Å². The predicted octanol–water partition coefficient (Wildman–Crippen LogP) is 4.68. The molecule has 0 aliphatic carbocycles. The van der Waals surface area contributed by atoms with E-state index in [0.29, 0.717) is 13.0 Å². The van der Waals surface area contributed by atoms with Gasteiger partial charge in [0, 0.05) is 6.61 Å². The van der Waals surface area contributed by atoms with Crippen molar-refractivity contribution in [2.24, 2.45) is 0 Å². The van der Waals surface area contributed by atoms with Crippen molar-refractivity contribution in [3.63, 3.8) is 0 Å². The summed E-state index contributed by atoms with van der Waals surface area (Å²) in [6.45, 7) is 5.49. The van der Waals surface area contributed by atoms with Crippen LogP contribution in [-0.4, -0.2) is 37.3 Å². The van der Waals surface area contributed by atoms with Gasteiger partial charge in [-0.2, -0.15) is 0 Å². The molecule has 1 aliphatic heterocycles. The highest BCUT2D eigenvalue weighted by Crippen LogP contribution is 2.33. The first-order valence-electron chi connectivity index (χ1n) is 9.96. The fourth-order valence-corrected chi connectivity index (χ4v) is 4.81. The van der Waals surface area contributed by atoms with E-state index in [0.717, 1.165) is 46.1 Å². The molecule has 1 fully saturated rings. The van der Waals surface area contributed by atoms with Gasteiger partial charge in [0.15, 0.2) is 5.13 Å². The minimum Gasteiger partial charge on any atom is -0.497 e. The number of thiazole rings is 1. The molecule has 152 valence electrons. The molecule has 1 saturated heterocycles. The fourth-order valence-electron chi connectivity index (χ4n) is 3.77. The molecular weight excluding hydrogens is 384 g/mol. The van der Waals surface area contributed by atoms with Crippen LogP contribution in [0.15, 0.2) is 36.4 Å². The van der Waals surface area contributed by atoms with Crippen LogP contribution in [0.3, 0.4) is 0 Å². The molecular formula is C23H26N2O3S. The van der Waals surface area contributed by atoms with Gasteiger partial charge in [-0.15, -0.1) is 0 Å². The second-order valence-corrected chi connectivity index (χ2v) is 8.57. The number of aryl methyl sites for hydroxylation is 2. The zero-order valence-electron chi connectivity index (χ0n) is 17.1. The monoisotopic (exact) mass is 410 g/mol. The smallest absolute Gasteiger partial charge is 0.233 e. The van der Waals surface area contributed by atoms with Crippen LogP contribution < -0.4 is 9.64 Å². The molecule has 1 atom stereocenters. The normalized spacial score (nSPS) is 16.3. The Bertz CT molecular complexity index is 1010. The number of benzene rings is 2. The maximum atomic E-state index is 13.3. The number of anilines is 1. The van der Waals surface area contributed by atoms with Crippen LogP contribution in [0.4, 0.5) is 5.13 Å². The molecule has 0 spiro atoms. The number of amides is 1. The van der Waals surface area contributed by atoms with E-state index in [1.54, 1.807) is 18.4 Å². The number of methoxy groups -OCH3 is 1. The lowest BCUT2D eigenvalue weighted by Crippen LogP contribution is -2.38. The van der Waals surface area contributed by atoms with Gasteiger partial charge in [-0.05, 0) is 61.6 Å². The first kappa shape index (κ1) is 19.9. The third kappa shape index (κ3) is 4.43. The Morgan fingerprint density at radius 3 is 2.76 bits per heavy atom. The molecule has 3 aromatic rings. The molecule has 2 heterocycles. The van der Waals surface area contributed by atoms with Crippen molar-refractivity contribution >= 4 is 32.6 Å². The Labute approximate surface area is 175 Å². The summed E-state index contributed by atoms with van der Waals surface area (Å²) in [4.78, 5) is 19.9. The molecule has 4 rings (SSSR count). The number of nitrogens with zero attached hydrogens (tertiary/aromatic N) is 2. The predicted molar refractivity (Wildman–Crippen MR) is 117 cm³/mol. The van der Waals surface area contributed by atoms with Crippen LogP contribution in [0, 0.1) is 13.8 Å². The van der Waals surface area contributed by atoms with Gasteiger partial charge >= 0.3 is 0 Å². The standard InChI is InChI=1S/C23H26N2O3S/c1-15-11-16(2)22-20(12-15)24-23(29-22)25(14-19-5-4-10-28-19)21(26)13-17-6-8-18(27-3)9-7-17/h6-9,11-12,19H,4-5,10,13-14H2,1-3H3/t19-/m0/s1. The average molecular weight is 411 g/mol. The number of aromatic nitrogens is 1. The Morgan fingerprint density at radius 1 is 1.28 bits per heavy atom. The SMILES string of the molecule is COc1ccc(CC(=O)N(C[C@@H]2CCCO2)c2nc3cc(C)cc(C)c3s2)cc1. The van der Waals surface area contributed by atoms with Crippen LogP contribution in [0.25, 0.3) is 10.2 Å². The van der Waals surface area contributed by atoms with E-state index in [-0.39, 0.29) is 12.0 Å². The molecule has 5 nitrogen and oxygen atoms in total. The van der Waals surface area contributed by atoms with Crippen molar-refractivity contribution in [2.75, 3.05) is 25.2 Å². The maximum absolute atomic E-state index is 13.3. The highest BCUT2D eigenvalue weighted by atomic mass is 32.1. The van der Waals surface area contributed by atoms with Crippen molar-refractivity contribution in [3.05, 3.63) is 53.1 Å². The number of ether oxygens (including phenoxy) is 2. The Hall–Kier alpha value is -2.44. The molecule has 0 N–H and O–H groups in total. The first-order chi connectivity index (χ1) is 14.0. The number of rotatable bonds is 6. The van der Waals surface area contributed by atoms with Crippen molar-refractivity contribution in [3.8, 4) is 5.75 Å². The fraction of sp³-hybridized carbons (Fsp3) is 0.391. The number of fused-ring (bicyclic) bond motifs is 1. The van der Waals surface area contributed by atoms with E-state index in [1.165, 1.54) is 11.1 Å². The molecule has 6 heteroatoms. The van der Waals surface area contributed by atoms with Crippen LogP contribution >= 0.6 is 11.3 Å². The zero-order chi connectivity index (χ0) is 20.4. The zero-order valence-corrected chi connectivity index (χ0v) is 17.9. The van der Waals surface area contributed by atoms with E-state index in [1.807, 2.05) is 29.2 Å². The highest BCUT2D eigenvalue weighted by Gasteiger charge is 2.26. The lowest BCUT2D eigenvalue weighted by Gasteiger charge is -2.23. The van der Waals surface area contributed by atoms with Crippen molar-refractivity contribution in [2.45, 2.75) is 39.2 Å². The lowest BCUT2D eigenvalue weighted by atomic mass is 10.1. The van der Waals surface area contributed by atoms with Gasteiger partial charge in [-0.1, -0.05) is 29.5 Å². The average Bonchev–Trinajstić information content (AvgIpc) is 3.36. The van der Waals surface area contributed by atoms with Crippen LogP contribution in [-0.2, 0) is 16.0 Å². The summed E-state index contributed by atoms with van der Waals surface area (Å²) in [6, 6.07) is 11.9.